The van der Waals surface area contributed by atoms with E-state index >= 15 is 0 Å². The Morgan fingerprint density at radius 1 is 1.23 bits per heavy atom. The molecule has 0 saturated carbocycles. The van der Waals surface area contributed by atoms with E-state index in [0.717, 1.165) is 47.2 Å². The van der Waals surface area contributed by atoms with Crippen LogP contribution in [0.25, 0.3) is 22.2 Å². The van der Waals surface area contributed by atoms with Crippen LogP contribution in [0.2, 0.25) is 5.02 Å². The van der Waals surface area contributed by atoms with E-state index in [1.807, 2.05) is 36.1 Å². The third-order valence-electron chi connectivity index (χ3n) is 5.69. The van der Waals surface area contributed by atoms with Crippen molar-refractivity contribution in [1.29, 1.82) is 0 Å². The molecule has 0 unspecified atom stereocenters. The molecule has 1 saturated heterocycles. The predicted octanol–water partition coefficient (Wildman–Crippen LogP) is 6.19. The Kier molecular flexibility index (Phi) is 7.16. The third-order valence-corrected chi connectivity index (χ3v) is 6.66. The normalized spacial score (nSPS) is 16.0. The number of rotatable bonds is 7. The molecular weight excluding hydrogens is 428 g/mol. The Morgan fingerprint density at radius 3 is 2.71 bits per heavy atom. The number of hydrogen-bond donors (Lipinski definition) is 0. The monoisotopic (exact) mass is 454 g/mol. The molecule has 1 aromatic heterocycles. The van der Waals surface area contributed by atoms with Gasteiger partial charge in [-0.1, -0.05) is 36.7 Å². The van der Waals surface area contributed by atoms with Gasteiger partial charge >= 0.3 is 0 Å². The molecule has 2 heterocycles. The second kappa shape index (κ2) is 10.0. The van der Waals surface area contributed by atoms with Crippen molar-refractivity contribution in [2.45, 2.75) is 43.7 Å². The summed E-state index contributed by atoms with van der Waals surface area (Å²) in [4.78, 5) is 20.9. The number of benzene rings is 2. The molecule has 0 bridgehead atoms. The number of halogens is 1. The van der Waals surface area contributed by atoms with Crippen LogP contribution in [0.15, 0.2) is 53.4 Å². The van der Waals surface area contributed by atoms with E-state index in [4.69, 9.17) is 21.3 Å². The third kappa shape index (κ3) is 5.22. The quantitative estimate of drug-likeness (QED) is 0.399. The maximum atomic E-state index is 12.8. The highest BCUT2D eigenvalue weighted by Gasteiger charge is 2.23. The number of thioether (sulfide) groups is 1. The topological polar surface area (TPSA) is 42.4 Å². The minimum atomic E-state index is 0.118. The molecule has 0 aliphatic carbocycles. The average molecular weight is 455 g/mol. The summed E-state index contributed by atoms with van der Waals surface area (Å²) >= 11 is 7.83. The number of carbonyl (C=O) groups is 1. The zero-order valence-electron chi connectivity index (χ0n) is 17.9. The smallest absolute Gasteiger partial charge is 0.222 e. The summed E-state index contributed by atoms with van der Waals surface area (Å²) in [6.07, 6.45) is 4.72. The highest BCUT2D eigenvalue weighted by Crippen LogP contribution is 2.30. The van der Waals surface area contributed by atoms with E-state index < -0.39 is 0 Å². The average Bonchev–Trinajstić information content (AvgIpc) is 3.31. The summed E-state index contributed by atoms with van der Waals surface area (Å²) in [6, 6.07) is 16.2. The van der Waals surface area contributed by atoms with Crippen LogP contribution >= 0.6 is 23.4 Å². The van der Waals surface area contributed by atoms with Crippen molar-refractivity contribution < 1.29 is 9.53 Å². The number of fused-ring (bicyclic) bond motifs is 1. The molecule has 4 rings (SSSR count). The van der Waals surface area contributed by atoms with Gasteiger partial charge in [0.2, 0.25) is 5.91 Å². The number of ether oxygens (including phenoxy) is 1. The minimum Gasteiger partial charge on any atom is -0.376 e. The van der Waals surface area contributed by atoms with Gasteiger partial charge in [0, 0.05) is 47.0 Å². The Morgan fingerprint density at radius 2 is 2.03 bits per heavy atom. The standard InChI is InChI=1S/C25H27ClN2O2S/c1-3-24(29)28(16-21-5-4-12-30-21)15-19-13-18-8-11-22(31-2)14-23(18)27-25(19)17-6-9-20(26)10-7-17/h6-11,13-14,21H,3-5,12,15-16H2,1-2H3/t21-/m0/s1. The number of amides is 1. The number of pyridine rings is 1. The summed E-state index contributed by atoms with van der Waals surface area (Å²) in [5.41, 5.74) is 3.88. The van der Waals surface area contributed by atoms with Crippen molar-refractivity contribution in [2.24, 2.45) is 0 Å². The Labute approximate surface area is 192 Å². The lowest BCUT2D eigenvalue weighted by atomic mass is 10.0. The maximum absolute atomic E-state index is 12.8. The first-order valence-electron chi connectivity index (χ1n) is 10.7. The van der Waals surface area contributed by atoms with Crippen LogP contribution in [0.3, 0.4) is 0 Å². The molecule has 1 aliphatic rings. The fourth-order valence-electron chi connectivity index (χ4n) is 4.01. The van der Waals surface area contributed by atoms with Crippen LogP contribution in [-0.4, -0.2) is 41.3 Å². The van der Waals surface area contributed by atoms with E-state index in [2.05, 4.69) is 30.5 Å². The van der Waals surface area contributed by atoms with Gasteiger partial charge in [0.15, 0.2) is 0 Å². The first kappa shape index (κ1) is 22.1. The molecule has 4 nitrogen and oxygen atoms in total. The summed E-state index contributed by atoms with van der Waals surface area (Å²) in [6.45, 7) is 3.82. The van der Waals surface area contributed by atoms with Crippen LogP contribution in [0.4, 0.5) is 0 Å². The summed E-state index contributed by atoms with van der Waals surface area (Å²) in [7, 11) is 0. The molecular formula is C25H27ClN2O2S. The van der Waals surface area contributed by atoms with Gasteiger partial charge in [-0.3, -0.25) is 4.79 Å². The van der Waals surface area contributed by atoms with Gasteiger partial charge in [-0.2, -0.15) is 0 Å². The van der Waals surface area contributed by atoms with E-state index in [9.17, 15) is 4.79 Å². The van der Waals surface area contributed by atoms with Crippen molar-refractivity contribution in [3.05, 3.63) is 59.1 Å². The zero-order valence-corrected chi connectivity index (χ0v) is 19.5. The van der Waals surface area contributed by atoms with E-state index in [1.54, 1.807) is 11.8 Å². The lowest BCUT2D eigenvalue weighted by Gasteiger charge is -2.26. The van der Waals surface area contributed by atoms with Crippen LogP contribution < -0.4 is 0 Å². The first-order chi connectivity index (χ1) is 15.1. The summed E-state index contributed by atoms with van der Waals surface area (Å²) in [5, 5.41) is 1.77. The highest BCUT2D eigenvalue weighted by atomic mass is 35.5. The second-order valence-corrected chi connectivity index (χ2v) is 9.14. The lowest BCUT2D eigenvalue weighted by Crippen LogP contribution is -2.36. The van der Waals surface area contributed by atoms with Gasteiger partial charge in [0.25, 0.3) is 0 Å². The number of nitrogens with zero attached hydrogens (tertiary/aromatic N) is 2. The van der Waals surface area contributed by atoms with Crippen molar-refractivity contribution in [3.8, 4) is 11.3 Å². The number of carbonyl (C=O) groups excluding carboxylic acids is 1. The SMILES string of the molecule is CCC(=O)N(Cc1cc2ccc(SC)cc2nc1-c1ccc(Cl)cc1)C[C@@H]1CCCO1. The van der Waals surface area contributed by atoms with Gasteiger partial charge in [0.1, 0.15) is 0 Å². The van der Waals surface area contributed by atoms with E-state index in [1.165, 1.54) is 4.90 Å². The molecule has 162 valence electrons. The van der Waals surface area contributed by atoms with Crippen molar-refractivity contribution >= 4 is 40.2 Å². The van der Waals surface area contributed by atoms with Crippen molar-refractivity contribution in [3.63, 3.8) is 0 Å². The lowest BCUT2D eigenvalue weighted by molar-refractivity contribution is -0.133. The molecule has 6 heteroatoms. The molecule has 31 heavy (non-hydrogen) atoms. The van der Waals surface area contributed by atoms with Crippen LogP contribution in [0, 0.1) is 0 Å². The molecule has 3 aromatic rings. The van der Waals surface area contributed by atoms with E-state index in [-0.39, 0.29) is 12.0 Å². The van der Waals surface area contributed by atoms with Gasteiger partial charge < -0.3 is 9.64 Å². The fraction of sp³-hybridized carbons (Fsp3) is 0.360. The number of hydrogen-bond acceptors (Lipinski definition) is 4. The molecule has 1 aliphatic heterocycles. The molecule has 1 fully saturated rings. The highest BCUT2D eigenvalue weighted by molar-refractivity contribution is 7.98. The van der Waals surface area contributed by atoms with Crippen molar-refractivity contribution in [1.82, 2.24) is 9.88 Å². The fourth-order valence-corrected chi connectivity index (χ4v) is 4.57. The van der Waals surface area contributed by atoms with Crippen LogP contribution in [0.1, 0.15) is 31.7 Å². The summed E-state index contributed by atoms with van der Waals surface area (Å²) < 4.78 is 5.81. The van der Waals surface area contributed by atoms with Crippen molar-refractivity contribution in [2.75, 3.05) is 19.4 Å². The van der Waals surface area contributed by atoms with Gasteiger partial charge in [0.05, 0.1) is 17.3 Å². The second-order valence-electron chi connectivity index (χ2n) is 7.82. The molecule has 2 aromatic carbocycles. The minimum absolute atomic E-state index is 0.118. The molecule has 0 spiro atoms. The van der Waals surface area contributed by atoms with Gasteiger partial charge in [-0.25, -0.2) is 4.98 Å². The largest absolute Gasteiger partial charge is 0.376 e. The Bertz CT molecular complexity index is 1070. The Hall–Kier alpha value is -2.08. The molecule has 0 radical (unpaired) electrons. The molecule has 1 atom stereocenters. The zero-order chi connectivity index (χ0) is 21.8. The van der Waals surface area contributed by atoms with Crippen LogP contribution in [-0.2, 0) is 16.1 Å². The Balaban J connectivity index is 1.76. The van der Waals surface area contributed by atoms with Crippen LogP contribution in [0.5, 0.6) is 0 Å². The number of aromatic nitrogens is 1. The molecule has 1 amide bonds. The van der Waals surface area contributed by atoms with Gasteiger partial charge in [-0.05, 0) is 55.0 Å². The van der Waals surface area contributed by atoms with E-state index in [0.29, 0.717) is 24.5 Å². The van der Waals surface area contributed by atoms with Gasteiger partial charge in [-0.15, -0.1) is 11.8 Å². The maximum Gasteiger partial charge on any atom is 0.222 e. The first-order valence-corrected chi connectivity index (χ1v) is 12.3. The molecule has 0 N–H and O–H groups in total. The predicted molar refractivity (Wildman–Crippen MR) is 129 cm³/mol. The summed E-state index contributed by atoms with van der Waals surface area (Å²) in [5.74, 6) is 0.135.